The summed E-state index contributed by atoms with van der Waals surface area (Å²) >= 11 is 1.48. The number of rotatable bonds is 5. The molecule has 1 saturated heterocycles. The van der Waals surface area contributed by atoms with Crippen molar-refractivity contribution in [3.8, 4) is 17.4 Å². The molecule has 1 fully saturated rings. The number of methoxy groups -OCH3 is 2. The minimum Gasteiger partial charge on any atom is -0.497 e. The fraction of sp³-hybridized carbons (Fsp3) is 0.500. The van der Waals surface area contributed by atoms with Crippen LogP contribution in [0.4, 0.5) is 0 Å². The Morgan fingerprint density at radius 3 is 2.79 bits per heavy atom. The third kappa shape index (κ3) is 3.31. The molecule has 3 heterocycles. The van der Waals surface area contributed by atoms with E-state index in [9.17, 15) is 5.11 Å². The SMILES string of the molecule is COc1ccc([C@@H](c2sc3nc(C)nn3c2O)N2CCC[C@H](C)C2)c(OC)c1. The Labute approximate surface area is 168 Å². The van der Waals surface area contributed by atoms with Gasteiger partial charge >= 0.3 is 0 Å². The number of benzene rings is 1. The first-order valence-electron chi connectivity index (χ1n) is 9.52. The maximum Gasteiger partial charge on any atom is 0.230 e. The summed E-state index contributed by atoms with van der Waals surface area (Å²) in [5.74, 6) is 2.90. The van der Waals surface area contributed by atoms with Gasteiger partial charge in [0.1, 0.15) is 17.3 Å². The molecule has 2 atom stereocenters. The predicted octanol–water partition coefficient (Wildman–Crippen LogP) is 3.64. The van der Waals surface area contributed by atoms with Crippen molar-refractivity contribution in [3.63, 3.8) is 0 Å². The van der Waals surface area contributed by atoms with E-state index in [2.05, 4.69) is 21.9 Å². The highest BCUT2D eigenvalue weighted by molar-refractivity contribution is 7.17. The lowest BCUT2D eigenvalue weighted by molar-refractivity contribution is 0.147. The second-order valence-corrected chi connectivity index (χ2v) is 8.41. The fourth-order valence-electron chi connectivity index (χ4n) is 4.03. The number of hydrogen-bond acceptors (Lipinski definition) is 7. The molecule has 0 aliphatic carbocycles. The topological polar surface area (TPSA) is 72.1 Å². The number of aryl methyl sites for hydroxylation is 1. The summed E-state index contributed by atoms with van der Waals surface area (Å²) in [6.07, 6.45) is 2.36. The van der Waals surface area contributed by atoms with Gasteiger partial charge < -0.3 is 14.6 Å². The summed E-state index contributed by atoms with van der Waals surface area (Å²) < 4.78 is 12.6. The average molecular weight is 403 g/mol. The molecular weight excluding hydrogens is 376 g/mol. The van der Waals surface area contributed by atoms with Crippen LogP contribution in [0.3, 0.4) is 0 Å². The van der Waals surface area contributed by atoms with E-state index < -0.39 is 0 Å². The molecule has 1 aliphatic rings. The number of aromatic nitrogens is 3. The van der Waals surface area contributed by atoms with Crippen molar-refractivity contribution in [1.29, 1.82) is 0 Å². The van der Waals surface area contributed by atoms with Gasteiger partial charge in [-0.15, -0.1) is 5.10 Å². The minimum atomic E-state index is -0.127. The lowest BCUT2D eigenvalue weighted by Crippen LogP contribution is -2.37. The van der Waals surface area contributed by atoms with E-state index >= 15 is 0 Å². The third-order valence-corrected chi connectivity index (χ3v) is 6.42. The van der Waals surface area contributed by atoms with Crippen molar-refractivity contribution in [3.05, 3.63) is 34.5 Å². The Morgan fingerprint density at radius 1 is 1.29 bits per heavy atom. The number of hydrogen-bond donors (Lipinski definition) is 1. The van der Waals surface area contributed by atoms with E-state index in [-0.39, 0.29) is 11.9 Å². The van der Waals surface area contributed by atoms with Crippen molar-refractivity contribution in [1.82, 2.24) is 19.5 Å². The van der Waals surface area contributed by atoms with Crippen LogP contribution in [0.5, 0.6) is 17.4 Å². The Bertz CT molecular complexity index is 983. The van der Waals surface area contributed by atoms with E-state index in [1.807, 2.05) is 25.1 Å². The fourth-order valence-corrected chi connectivity index (χ4v) is 5.19. The number of thiazole rings is 1. The summed E-state index contributed by atoms with van der Waals surface area (Å²) in [5, 5.41) is 15.3. The zero-order valence-electron chi connectivity index (χ0n) is 16.7. The molecule has 1 aromatic carbocycles. The normalized spacial score (nSPS) is 19.1. The van der Waals surface area contributed by atoms with Crippen molar-refractivity contribution in [2.24, 2.45) is 5.92 Å². The molecule has 2 aromatic heterocycles. The van der Waals surface area contributed by atoms with Gasteiger partial charge in [-0.25, -0.2) is 4.98 Å². The molecule has 3 aromatic rings. The number of ether oxygens (including phenoxy) is 2. The highest BCUT2D eigenvalue weighted by Crippen LogP contribution is 2.44. The standard InChI is InChI=1S/C20H26N4O3S/c1-12-6-5-9-23(11-12)17(15-8-7-14(26-3)10-16(15)27-4)18-19(25)24-20(28-18)21-13(2)22-24/h7-8,10,12,17,25H,5-6,9,11H2,1-4H3/t12-,17-/m0/s1. The molecule has 150 valence electrons. The molecule has 0 unspecified atom stereocenters. The van der Waals surface area contributed by atoms with E-state index in [0.29, 0.717) is 16.7 Å². The smallest absolute Gasteiger partial charge is 0.230 e. The number of likely N-dealkylation sites (tertiary alicyclic amines) is 1. The first kappa shape index (κ1) is 19.0. The van der Waals surface area contributed by atoms with Crippen LogP contribution in [0.15, 0.2) is 18.2 Å². The summed E-state index contributed by atoms with van der Waals surface area (Å²) in [5.41, 5.74) is 1.01. The highest BCUT2D eigenvalue weighted by atomic mass is 32.1. The average Bonchev–Trinajstić information content (AvgIpc) is 3.20. The van der Waals surface area contributed by atoms with Crippen LogP contribution < -0.4 is 9.47 Å². The van der Waals surface area contributed by atoms with Crippen molar-refractivity contribution in [2.75, 3.05) is 27.3 Å². The molecule has 1 aliphatic heterocycles. The molecule has 4 rings (SSSR count). The Morgan fingerprint density at radius 2 is 2.11 bits per heavy atom. The Hall–Kier alpha value is -2.32. The number of piperidine rings is 1. The van der Waals surface area contributed by atoms with Crippen LogP contribution in [0, 0.1) is 12.8 Å². The van der Waals surface area contributed by atoms with E-state index in [0.717, 1.165) is 41.4 Å². The second kappa shape index (κ2) is 7.60. The molecule has 7 nitrogen and oxygen atoms in total. The van der Waals surface area contributed by atoms with Crippen molar-refractivity contribution < 1.29 is 14.6 Å². The Kier molecular flexibility index (Phi) is 5.16. The monoisotopic (exact) mass is 402 g/mol. The molecular formula is C20H26N4O3S. The van der Waals surface area contributed by atoms with Gasteiger partial charge in [-0.05, 0) is 44.4 Å². The first-order valence-corrected chi connectivity index (χ1v) is 10.3. The minimum absolute atomic E-state index is 0.127. The van der Waals surface area contributed by atoms with Gasteiger partial charge in [-0.3, -0.25) is 4.90 Å². The maximum absolute atomic E-state index is 11.0. The molecule has 0 bridgehead atoms. The van der Waals surface area contributed by atoms with Gasteiger partial charge in [0, 0.05) is 18.2 Å². The van der Waals surface area contributed by atoms with Crippen LogP contribution in [0.25, 0.3) is 4.96 Å². The van der Waals surface area contributed by atoms with Crippen LogP contribution in [0.1, 0.15) is 42.1 Å². The van der Waals surface area contributed by atoms with Gasteiger partial charge in [0.05, 0.1) is 25.1 Å². The molecule has 28 heavy (non-hydrogen) atoms. The van der Waals surface area contributed by atoms with E-state index in [1.165, 1.54) is 22.3 Å². The molecule has 8 heteroatoms. The summed E-state index contributed by atoms with van der Waals surface area (Å²) in [7, 11) is 3.31. The lowest BCUT2D eigenvalue weighted by Gasteiger charge is -2.37. The van der Waals surface area contributed by atoms with Crippen LogP contribution in [0.2, 0.25) is 0 Å². The zero-order valence-corrected chi connectivity index (χ0v) is 17.5. The molecule has 0 spiro atoms. The van der Waals surface area contributed by atoms with Crippen LogP contribution in [-0.2, 0) is 0 Å². The highest BCUT2D eigenvalue weighted by Gasteiger charge is 2.33. The summed E-state index contributed by atoms with van der Waals surface area (Å²) in [4.78, 5) is 8.41. The molecule has 0 saturated carbocycles. The number of fused-ring (bicyclic) bond motifs is 1. The maximum atomic E-state index is 11.0. The summed E-state index contributed by atoms with van der Waals surface area (Å²) in [6, 6.07) is 5.74. The Balaban J connectivity index is 1.86. The van der Waals surface area contributed by atoms with Gasteiger partial charge in [0.15, 0.2) is 0 Å². The number of aromatic hydroxyl groups is 1. The molecule has 0 amide bonds. The van der Waals surface area contributed by atoms with Gasteiger partial charge in [0.25, 0.3) is 0 Å². The summed E-state index contributed by atoms with van der Waals surface area (Å²) in [6.45, 7) is 6.04. The van der Waals surface area contributed by atoms with E-state index in [1.54, 1.807) is 14.2 Å². The van der Waals surface area contributed by atoms with Crippen molar-refractivity contribution >= 4 is 16.3 Å². The largest absolute Gasteiger partial charge is 0.497 e. The molecule has 0 radical (unpaired) electrons. The lowest BCUT2D eigenvalue weighted by atomic mass is 9.95. The van der Waals surface area contributed by atoms with Crippen LogP contribution in [-0.4, -0.2) is 51.9 Å². The number of nitrogens with zero attached hydrogens (tertiary/aromatic N) is 4. The third-order valence-electron chi connectivity index (χ3n) is 5.34. The van der Waals surface area contributed by atoms with E-state index in [4.69, 9.17) is 9.47 Å². The zero-order chi connectivity index (χ0) is 19.8. The van der Waals surface area contributed by atoms with Gasteiger partial charge in [-0.1, -0.05) is 18.3 Å². The predicted molar refractivity (Wildman–Crippen MR) is 109 cm³/mol. The molecule has 1 N–H and O–H groups in total. The van der Waals surface area contributed by atoms with Crippen LogP contribution >= 0.6 is 11.3 Å². The second-order valence-electron chi connectivity index (χ2n) is 7.40. The van der Waals surface area contributed by atoms with Gasteiger partial charge in [-0.2, -0.15) is 4.52 Å². The van der Waals surface area contributed by atoms with Crippen molar-refractivity contribution in [2.45, 2.75) is 32.7 Å². The first-order chi connectivity index (χ1) is 13.5. The quantitative estimate of drug-likeness (QED) is 0.702. The van der Waals surface area contributed by atoms with Gasteiger partial charge in [0.2, 0.25) is 10.8 Å².